The minimum absolute atomic E-state index is 0.00974. The average molecular weight is 325 g/mol. The van der Waals surface area contributed by atoms with Crippen LogP contribution in [0.3, 0.4) is 0 Å². The van der Waals surface area contributed by atoms with Crippen molar-refractivity contribution >= 4 is 5.91 Å². The van der Waals surface area contributed by atoms with Crippen molar-refractivity contribution in [2.24, 2.45) is 0 Å². The number of hydrogen-bond acceptors (Lipinski definition) is 3. The van der Waals surface area contributed by atoms with E-state index < -0.39 is 0 Å². The van der Waals surface area contributed by atoms with Gasteiger partial charge in [0, 0.05) is 12.1 Å². The number of nitrogens with zero attached hydrogens (tertiary/aromatic N) is 1. The monoisotopic (exact) mass is 325 g/mol. The third-order valence-corrected chi connectivity index (χ3v) is 4.17. The second-order valence-electron chi connectivity index (χ2n) is 6.11. The summed E-state index contributed by atoms with van der Waals surface area (Å²) in [4.78, 5) is 14.8. The van der Waals surface area contributed by atoms with Gasteiger partial charge in [0.05, 0.1) is 6.04 Å². The Kier molecular flexibility index (Phi) is 6.97. The van der Waals surface area contributed by atoms with Crippen LogP contribution in [-0.4, -0.2) is 45.0 Å². The Balaban J connectivity index is 2.06. The van der Waals surface area contributed by atoms with Gasteiger partial charge in [0.25, 0.3) is 5.91 Å². The molecule has 0 aliphatic heterocycles. The number of benzene rings is 2. The van der Waals surface area contributed by atoms with Crippen molar-refractivity contribution < 1.29 is 4.79 Å². The Morgan fingerprint density at radius 1 is 1.04 bits per heavy atom. The summed E-state index contributed by atoms with van der Waals surface area (Å²) in [6, 6.07) is 18.2. The predicted molar refractivity (Wildman–Crippen MR) is 99.3 cm³/mol. The molecule has 0 bridgehead atoms. The Morgan fingerprint density at radius 3 is 2.38 bits per heavy atom. The van der Waals surface area contributed by atoms with Crippen LogP contribution < -0.4 is 10.6 Å². The van der Waals surface area contributed by atoms with Crippen molar-refractivity contribution in [3.63, 3.8) is 0 Å². The van der Waals surface area contributed by atoms with Gasteiger partial charge in [-0.2, -0.15) is 0 Å². The van der Waals surface area contributed by atoms with Gasteiger partial charge in [-0.05, 0) is 51.3 Å². The number of likely N-dealkylation sites (N-methyl/N-ethyl adjacent to an activating group) is 2. The standard InChI is InChI=1S/C20H27N3O/c1-21-14-13-16-9-7-8-12-18(16)20(24)22-15-19(23(2)3)17-10-5-4-6-11-17/h4-12,19,21H,13-15H2,1-3H3,(H,22,24). The van der Waals surface area contributed by atoms with Crippen LogP contribution in [0, 0.1) is 0 Å². The molecule has 0 aliphatic rings. The van der Waals surface area contributed by atoms with Crippen LogP contribution in [0.2, 0.25) is 0 Å². The third kappa shape index (κ3) is 4.91. The van der Waals surface area contributed by atoms with E-state index in [1.807, 2.05) is 63.6 Å². The molecule has 128 valence electrons. The zero-order chi connectivity index (χ0) is 17.4. The van der Waals surface area contributed by atoms with Crippen molar-refractivity contribution in [2.75, 3.05) is 34.2 Å². The number of carbonyl (C=O) groups is 1. The minimum Gasteiger partial charge on any atom is -0.350 e. The van der Waals surface area contributed by atoms with Gasteiger partial charge in [0.15, 0.2) is 0 Å². The second-order valence-corrected chi connectivity index (χ2v) is 6.11. The van der Waals surface area contributed by atoms with E-state index in [1.54, 1.807) is 0 Å². The average Bonchev–Trinajstić information content (AvgIpc) is 2.61. The molecule has 2 aromatic rings. The fourth-order valence-electron chi connectivity index (χ4n) is 2.78. The summed E-state index contributed by atoms with van der Waals surface area (Å²) in [7, 11) is 5.99. The first kappa shape index (κ1) is 18.2. The molecule has 4 heteroatoms. The van der Waals surface area contributed by atoms with E-state index in [0.29, 0.717) is 6.54 Å². The third-order valence-electron chi connectivity index (χ3n) is 4.17. The maximum atomic E-state index is 12.6. The van der Waals surface area contributed by atoms with E-state index in [1.165, 1.54) is 5.56 Å². The molecule has 0 saturated heterocycles. The van der Waals surface area contributed by atoms with Gasteiger partial charge in [0.2, 0.25) is 0 Å². The zero-order valence-electron chi connectivity index (χ0n) is 14.8. The quantitative estimate of drug-likeness (QED) is 0.784. The van der Waals surface area contributed by atoms with Crippen LogP contribution in [0.5, 0.6) is 0 Å². The van der Waals surface area contributed by atoms with Gasteiger partial charge < -0.3 is 15.5 Å². The topological polar surface area (TPSA) is 44.4 Å². The van der Waals surface area contributed by atoms with Crippen molar-refractivity contribution in [2.45, 2.75) is 12.5 Å². The molecule has 0 heterocycles. The largest absolute Gasteiger partial charge is 0.350 e. The van der Waals surface area contributed by atoms with Crippen LogP contribution in [0.4, 0.5) is 0 Å². The molecule has 2 rings (SSSR count). The van der Waals surface area contributed by atoms with E-state index in [2.05, 4.69) is 27.7 Å². The fourth-order valence-corrected chi connectivity index (χ4v) is 2.78. The second kappa shape index (κ2) is 9.21. The van der Waals surface area contributed by atoms with Crippen molar-refractivity contribution in [3.05, 3.63) is 71.3 Å². The summed E-state index contributed by atoms with van der Waals surface area (Å²) in [5.74, 6) is -0.00974. The van der Waals surface area contributed by atoms with Gasteiger partial charge in [-0.3, -0.25) is 4.79 Å². The summed E-state index contributed by atoms with van der Waals surface area (Å²) in [5.41, 5.74) is 3.04. The predicted octanol–water partition coefficient (Wildman–Crippen LogP) is 2.48. The number of rotatable bonds is 8. The Bertz CT molecular complexity index is 640. The highest BCUT2D eigenvalue weighted by atomic mass is 16.1. The lowest BCUT2D eigenvalue weighted by Crippen LogP contribution is -2.35. The van der Waals surface area contributed by atoms with E-state index in [0.717, 1.165) is 24.1 Å². The number of nitrogens with one attached hydrogen (secondary N) is 2. The van der Waals surface area contributed by atoms with Crippen LogP contribution in [0.1, 0.15) is 27.5 Å². The van der Waals surface area contributed by atoms with E-state index in [9.17, 15) is 4.79 Å². The van der Waals surface area contributed by atoms with Crippen molar-refractivity contribution in [1.82, 2.24) is 15.5 Å². The van der Waals surface area contributed by atoms with Crippen LogP contribution in [-0.2, 0) is 6.42 Å². The minimum atomic E-state index is -0.00974. The van der Waals surface area contributed by atoms with Crippen LogP contribution in [0.25, 0.3) is 0 Å². The first-order valence-corrected chi connectivity index (χ1v) is 8.35. The van der Waals surface area contributed by atoms with Gasteiger partial charge in [0.1, 0.15) is 0 Å². The normalized spacial score (nSPS) is 12.2. The highest BCUT2D eigenvalue weighted by molar-refractivity contribution is 5.95. The smallest absolute Gasteiger partial charge is 0.251 e. The van der Waals surface area contributed by atoms with E-state index in [4.69, 9.17) is 0 Å². The Hall–Kier alpha value is -2.17. The van der Waals surface area contributed by atoms with Crippen LogP contribution >= 0.6 is 0 Å². The number of hydrogen-bond donors (Lipinski definition) is 2. The van der Waals surface area contributed by atoms with Crippen molar-refractivity contribution in [1.29, 1.82) is 0 Å². The lowest BCUT2D eigenvalue weighted by Gasteiger charge is -2.25. The molecule has 0 fully saturated rings. The van der Waals surface area contributed by atoms with Gasteiger partial charge in [-0.15, -0.1) is 0 Å². The summed E-state index contributed by atoms with van der Waals surface area (Å²) >= 11 is 0. The number of amides is 1. The molecule has 2 aromatic carbocycles. The highest BCUT2D eigenvalue weighted by Crippen LogP contribution is 2.17. The molecule has 0 aromatic heterocycles. The maximum Gasteiger partial charge on any atom is 0.251 e. The molecule has 1 atom stereocenters. The Morgan fingerprint density at radius 2 is 1.71 bits per heavy atom. The fraction of sp³-hybridized carbons (Fsp3) is 0.350. The summed E-state index contributed by atoms with van der Waals surface area (Å²) < 4.78 is 0. The summed E-state index contributed by atoms with van der Waals surface area (Å²) in [6.07, 6.45) is 0.843. The first-order chi connectivity index (χ1) is 11.6. The zero-order valence-corrected chi connectivity index (χ0v) is 14.8. The number of carbonyl (C=O) groups excluding carboxylic acids is 1. The van der Waals surface area contributed by atoms with Gasteiger partial charge in [-0.25, -0.2) is 0 Å². The van der Waals surface area contributed by atoms with Crippen molar-refractivity contribution in [3.8, 4) is 0 Å². The molecule has 4 nitrogen and oxygen atoms in total. The van der Waals surface area contributed by atoms with Gasteiger partial charge >= 0.3 is 0 Å². The summed E-state index contributed by atoms with van der Waals surface area (Å²) in [6.45, 7) is 1.44. The molecule has 0 saturated carbocycles. The molecule has 1 unspecified atom stereocenters. The van der Waals surface area contributed by atoms with E-state index in [-0.39, 0.29) is 11.9 Å². The highest BCUT2D eigenvalue weighted by Gasteiger charge is 2.16. The van der Waals surface area contributed by atoms with E-state index >= 15 is 0 Å². The lowest BCUT2D eigenvalue weighted by molar-refractivity contribution is 0.0941. The molecule has 24 heavy (non-hydrogen) atoms. The first-order valence-electron chi connectivity index (χ1n) is 8.35. The molecular formula is C20H27N3O. The molecule has 1 amide bonds. The van der Waals surface area contributed by atoms with Gasteiger partial charge in [-0.1, -0.05) is 48.5 Å². The molecule has 0 aliphatic carbocycles. The molecular weight excluding hydrogens is 298 g/mol. The molecule has 2 N–H and O–H groups in total. The van der Waals surface area contributed by atoms with Crippen LogP contribution in [0.15, 0.2) is 54.6 Å². The molecule has 0 radical (unpaired) electrons. The maximum absolute atomic E-state index is 12.6. The molecule has 0 spiro atoms. The SMILES string of the molecule is CNCCc1ccccc1C(=O)NCC(c1ccccc1)N(C)C. The summed E-state index contributed by atoms with van der Waals surface area (Å²) in [5, 5.41) is 6.23. The lowest BCUT2D eigenvalue weighted by atomic mass is 10.0. The Labute approximate surface area is 144 Å².